The number of aliphatic hydroxyl groups is 1. The van der Waals surface area contributed by atoms with Crippen LogP contribution in [0.2, 0.25) is 0 Å². The number of carbonyl (C=O) groups is 1. The summed E-state index contributed by atoms with van der Waals surface area (Å²) < 4.78 is 5.41. The number of hydrogen-bond donors (Lipinski definition) is 4. The molecule has 7 rings (SSSR count). The van der Waals surface area contributed by atoms with Crippen LogP contribution in [0.15, 0.2) is 23.0 Å². The van der Waals surface area contributed by atoms with Gasteiger partial charge >= 0.3 is 0 Å². The summed E-state index contributed by atoms with van der Waals surface area (Å²) >= 11 is 0. The summed E-state index contributed by atoms with van der Waals surface area (Å²) in [6.45, 7) is -0.135. The molecule has 164 valence electrons. The summed E-state index contributed by atoms with van der Waals surface area (Å²) in [5.41, 5.74) is 1.70. The summed E-state index contributed by atoms with van der Waals surface area (Å²) in [4.78, 5) is 24.0. The van der Waals surface area contributed by atoms with E-state index in [2.05, 4.69) is 30.7 Å². The van der Waals surface area contributed by atoms with Crippen molar-refractivity contribution < 1.29 is 14.4 Å². The summed E-state index contributed by atoms with van der Waals surface area (Å²) in [7, 11) is 0. The third kappa shape index (κ3) is 3.04. The molecule has 3 unspecified atom stereocenters. The molecule has 0 aliphatic heterocycles. The van der Waals surface area contributed by atoms with E-state index >= 15 is 0 Å². The van der Waals surface area contributed by atoms with Gasteiger partial charge in [-0.1, -0.05) is 5.16 Å². The molecule has 4 aliphatic carbocycles. The molecular formula is C22H23N7O3. The van der Waals surface area contributed by atoms with Gasteiger partial charge in [0.15, 0.2) is 0 Å². The molecule has 10 heteroatoms. The quantitative estimate of drug-likeness (QED) is 0.447. The number of carbonyl (C=O) groups excluding carboxylic acids is 1. The lowest BCUT2D eigenvalue weighted by Crippen LogP contribution is -2.59. The largest absolute Gasteiger partial charge is 0.390 e. The number of anilines is 1. The average molecular weight is 433 g/mol. The highest BCUT2D eigenvalue weighted by molar-refractivity contribution is 5.97. The zero-order valence-electron chi connectivity index (χ0n) is 17.3. The molecule has 4 bridgehead atoms. The third-order valence-corrected chi connectivity index (χ3v) is 7.33. The average Bonchev–Trinajstić information content (AvgIpc) is 3.43. The molecule has 4 aliphatic rings. The smallest absolute Gasteiger partial charge is 0.293 e. The number of fused-ring (bicyclic) bond motifs is 1. The Morgan fingerprint density at radius 2 is 2.16 bits per heavy atom. The third-order valence-electron chi connectivity index (χ3n) is 7.33. The van der Waals surface area contributed by atoms with Crippen molar-refractivity contribution in [2.75, 3.05) is 11.9 Å². The number of nitrogens with zero attached hydrogens (tertiary/aromatic N) is 4. The highest BCUT2D eigenvalue weighted by Crippen LogP contribution is 2.56. The molecule has 4 saturated carbocycles. The summed E-state index contributed by atoms with van der Waals surface area (Å²) in [6, 6.07) is 4.04. The fourth-order valence-electron chi connectivity index (χ4n) is 6.33. The second-order valence-corrected chi connectivity index (χ2v) is 9.42. The first-order chi connectivity index (χ1) is 15.5. The van der Waals surface area contributed by atoms with Gasteiger partial charge in [-0.3, -0.25) is 4.79 Å². The molecule has 3 heterocycles. The first kappa shape index (κ1) is 19.3. The number of pyridine rings is 1. The standard InChI is InChI=1S/C22H23N7O3/c23-2-4-25-20(30)19-28-21(32-29-19)15-10-26-18-14(1-3-24-18)17(15)27-16-12-5-11-6-13(16)9-22(31,7-11)8-12/h1,3,10-13,16,31H,4-9H2,(H,25,30)(H2,24,26,27)/t11?,12-,13+,16?,22?. The number of hydrogen-bond acceptors (Lipinski definition) is 8. The van der Waals surface area contributed by atoms with E-state index < -0.39 is 11.5 Å². The number of amides is 1. The Balaban J connectivity index is 1.36. The Morgan fingerprint density at radius 3 is 2.91 bits per heavy atom. The van der Waals surface area contributed by atoms with Crippen molar-refractivity contribution in [1.82, 2.24) is 25.4 Å². The van der Waals surface area contributed by atoms with Gasteiger partial charge in [0.05, 0.1) is 22.9 Å². The minimum absolute atomic E-state index is 0.132. The Hall–Kier alpha value is -3.45. The van der Waals surface area contributed by atoms with Crippen LogP contribution in [0.1, 0.15) is 42.7 Å². The van der Waals surface area contributed by atoms with Gasteiger partial charge in [0.1, 0.15) is 12.2 Å². The molecular weight excluding hydrogens is 410 g/mol. The number of aromatic nitrogens is 4. The van der Waals surface area contributed by atoms with E-state index in [4.69, 9.17) is 9.78 Å². The van der Waals surface area contributed by atoms with Crippen LogP contribution in [-0.4, -0.2) is 49.3 Å². The molecule has 3 aromatic rings. The maximum absolute atomic E-state index is 12.1. The van der Waals surface area contributed by atoms with E-state index in [0.717, 1.165) is 48.8 Å². The van der Waals surface area contributed by atoms with Gasteiger partial charge in [-0.05, 0) is 55.9 Å². The Labute approximate surface area is 183 Å². The van der Waals surface area contributed by atoms with Crippen molar-refractivity contribution in [2.24, 2.45) is 17.8 Å². The van der Waals surface area contributed by atoms with Crippen LogP contribution in [0, 0.1) is 29.1 Å². The number of aromatic amines is 1. The lowest BCUT2D eigenvalue weighted by Gasteiger charge is -2.58. The first-order valence-electron chi connectivity index (χ1n) is 11.0. The van der Waals surface area contributed by atoms with Gasteiger partial charge in [-0.15, -0.1) is 0 Å². The lowest BCUT2D eigenvalue weighted by molar-refractivity contribution is -0.129. The van der Waals surface area contributed by atoms with Gasteiger partial charge in [-0.25, -0.2) is 4.98 Å². The SMILES string of the molecule is N#CCNC(=O)c1noc(-c2cnc3[nH]ccc3c2NC2[C@@H]3CC4C[C@H]2CC(O)(C4)C3)n1. The topological polar surface area (TPSA) is 153 Å². The normalized spacial score (nSPS) is 30.4. The Kier molecular flexibility index (Phi) is 4.23. The van der Waals surface area contributed by atoms with E-state index in [1.807, 2.05) is 18.3 Å². The second-order valence-electron chi connectivity index (χ2n) is 9.42. The van der Waals surface area contributed by atoms with Crippen molar-refractivity contribution in [3.63, 3.8) is 0 Å². The minimum Gasteiger partial charge on any atom is -0.390 e. The van der Waals surface area contributed by atoms with Gasteiger partial charge in [0.25, 0.3) is 17.6 Å². The molecule has 0 spiro atoms. The molecule has 0 radical (unpaired) electrons. The van der Waals surface area contributed by atoms with Gasteiger partial charge < -0.3 is 25.2 Å². The van der Waals surface area contributed by atoms with Crippen molar-refractivity contribution in [2.45, 2.75) is 43.7 Å². The van der Waals surface area contributed by atoms with Gasteiger partial charge in [-0.2, -0.15) is 10.2 Å². The highest BCUT2D eigenvalue weighted by Gasteiger charge is 2.54. The molecule has 32 heavy (non-hydrogen) atoms. The van der Waals surface area contributed by atoms with Crippen LogP contribution in [0.4, 0.5) is 5.69 Å². The molecule has 4 N–H and O–H groups in total. The number of nitriles is 1. The van der Waals surface area contributed by atoms with Crippen LogP contribution in [0.25, 0.3) is 22.5 Å². The van der Waals surface area contributed by atoms with Gasteiger partial charge in [0, 0.05) is 23.8 Å². The molecule has 10 nitrogen and oxygen atoms in total. The number of rotatable bonds is 5. The first-order valence-corrected chi connectivity index (χ1v) is 11.0. The summed E-state index contributed by atoms with van der Waals surface area (Å²) in [6.07, 6.45) is 8.37. The van der Waals surface area contributed by atoms with E-state index in [1.54, 1.807) is 6.20 Å². The van der Waals surface area contributed by atoms with Crippen LogP contribution in [-0.2, 0) is 0 Å². The predicted octanol–water partition coefficient (Wildman–Crippen LogP) is 2.22. The maximum atomic E-state index is 12.1. The monoisotopic (exact) mass is 433 g/mol. The highest BCUT2D eigenvalue weighted by atomic mass is 16.5. The number of H-pyrrole nitrogens is 1. The van der Waals surface area contributed by atoms with E-state index in [-0.39, 0.29) is 24.3 Å². The lowest BCUT2D eigenvalue weighted by atomic mass is 9.52. The molecule has 5 atom stereocenters. The van der Waals surface area contributed by atoms with E-state index in [9.17, 15) is 9.90 Å². The van der Waals surface area contributed by atoms with Crippen molar-refractivity contribution >= 4 is 22.6 Å². The van der Waals surface area contributed by atoms with Crippen molar-refractivity contribution in [3.8, 4) is 17.5 Å². The number of nitrogens with one attached hydrogen (secondary N) is 3. The Morgan fingerprint density at radius 1 is 1.34 bits per heavy atom. The van der Waals surface area contributed by atoms with Crippen molar-refractivity contribution in [3.05, 3.63) is 24.3 Å². The fourth-order valence-corrected chi connectivity index (χ4v) is 6.33. The van der Waals surface area contributed by atoms with Crippen LogP contribution in [0.5, 0.6) is 0 Å². The molecule has 0 aromatic carbocycles. The zero-order chi connectivity index (χ0) is 21.9. The molecule has 1 amide bonds. The van der Waals surface area contributed by atoms with Crippen LogP contribution in [0.3, 0.4) is 0 Å². The summed E-state index contributed by atoms with van der Waals surface area (Å²) in [5.74, 6) is 0.929. The van der Waals surface area contributed by atoms with E-state index in [0.29, 0.717) is 23.3 Å². The molecule has 0 saturated heterocycles. The zero-order valence-corrected chi connectivity index (χ0v) is 17.3. The van der Waals surface area contributed by atoms with Crippen molar-refractivity contribution in [1.29, 1.82) is 5.26 Å². The minimum atomic E-state index is -0.568. The fraction of sp³-hybridized carbons (Fsp3) is 0.500. The Bertz CT molecular complexity index is 1230. The predicted molar refractivity (Wildman–Crippen MR) is 113 cm³/mol. The molecule has 4 fully saturated rings. The van der Waals surface area contributed by atoms with E-state index in [1.165, 1.54) is 0 Å². The van der Waals surface area contributed by atoms with Crippen LogP contribution >= 0.6 is 0 Å². The van der Waals surface area contributed by atoms with Crippen LogP contribution < -0.4 is 10.6 Å². The summed E-state index contributed by atoms with van der Waals surface area (Å²) in [5, 5.41) is 30.5. The molecule has 3 aromatic heterocycles. The van der Waals surface area contributed by atoms with Gasteiger partial charge in [0.2, 0.25) is 0 Å². The maximum Gasteiger partial charge on any atom is 0.293 e. The second kappa shape index (κ2) is 7.03.